The number of anilines is 1. The Morgan fingerprint density at radius 3 is 2.38 bits per heavy atom. The van der Waals surface area contributed by atoms with Crippen LogP contribution in [-0.4, -0.2) is 69.4 Å². The van der Waals surface area contributed by atoms with Crippen LogP contribution in [0.3, 0.4) is 0 Å². The average Bonchev–Trinajstić information content (AvgIpc) is 2.52. The van der Waals surface area contributed by atoms with Gasteiger partial charge in [-0.25, -0.2) is 13.4 Å². The highest BCUT2D eigenvalue weighted by atomic mass is 79.9. The Kier molecular flexibility index (Phi) is 7.05. The number of aromatic nitrogens is 2. The molecule has 26 heavy (non-hydrogen) atoms. The van der Waals surface area contributed by atoms with Gasteiger partial charge in [0.2, 0.25) is 10.0 Å². The van der Waals surface area contributed by atoms with Gasteiger partial charge in [0, 0.05) is 47.1 Å². The van der Waals surface area contributed by atoms with E-state index in [1.165, 1.54) is 15.1 Å². The van der Waals surface area contributed by atoms with Crippen LogP contribution in [0.5, 0.6) is 0 Å². The second kappa shape index (κ2) is 8.51. The summed E-state index contributed by atoms with van der Waals surface area (Å²) < 4.78 is 32.4. The fourth-order valence-corrected chi connectivity index (χ4v) is 4.57. The van der Waals surface area contributed by atoms with E-state index >= 15 is 0 Å². The molecule has 0 bridgehead atoms. The van der Waals surface area contributed by atoms with Gasteiger partial charge in [0.25, 0.3) is 5.56 Å². The minimum Gasteiger partial charge on any atom is -0.361 e. The molecule has 1 aliphatic rings. The highest BCUT2D eigenvalue weighted by Gasteiger charge is 2.26. The molecule has 1 fully saturated rings. The van der Waals surface area contributed by atoms with E-state index in [9.17, 15) is 13.2 Å². The average molecular weight is 467 g/mol. The number of nitrogens with zero attached hydrogens (tertiary/aromatic N) is 4. The van der Waals surface area contributed by atoms with E-state index in [0.717, 1.165) is 6.04 Å². The Morgan fingerprint density at radius 2 is 1.85 bits per heavy atom. The zero-order chi connectivity index (χ0) is 19.5. The Bertz CT molecular complexity index is 786. The van der Waals surface area contributed by atoms with Gasteiger partial charge in [-0.3, -0.25) is 9.36 Å². The SMILES string of the molecule is C[Si](C)(C)CCOCn1cc(Br)nc(N2CCN(S(C)(=O)=O)CC2)c1=O. The van der Waals surface area contributed by atoms with Gasteiger partial charge in [-0.1, -0.05) is 19.6 Å². The van der Waals surface area contributed by atoms with Crippen molar-refractivity contribution in [1.82, 2.24) is 13.9 Å². The van der Waals surface area contributed by atoms with Gasteiger partial charge in [0.05, 0.1) is 6.26 Å². The molecule has 0 aliphatic carbocycles. The van der Waals surface area contributed by atoms with Gasteiger partial charge >= 0.3 is 0 Å². The van der Waals surface area contributed by atoms with E-state index in [1.807, 2.05) is 4.90 Å². The number of ether oxygens (including phenoxy) is 1. The molecular formula is C15H27BrN4O4SSi. The maximum Gasteiger partial charge on any atom is 0.295 e. The molecule has 1 aromatic rings. The Morgan fingerprint density at radius 1 is 1.23 bits per heavy atom. The number of hydrogen-bond donors (Lipinski definition) is 0. The third-order valence-corrected chi connectivity index (χ3v) is 7.55. The first kappa shape index (κ1) is 21.5. The second-order valence-electron chi connectivity index (χ2n) is 7.66. The summed E-state index contributed by atoms with van der Waals surface area (Å²) in [6, 6.07) is 1.04. The quantitative estimate of drug-likeness (QED) is 0.445. The first-order valence-electron chi connectivity index (χ1n) is 8.52. The number of piperazine rings is 1. The van der Waals surface area contributed by atoms with Crippen LogP contribution in [0.15, 0.2) is 15.6 Å². The number of hydrogen-bond acceptors (Lipinski definition) is 6. The van der Waals surface area contributed by atoms with Crippen molar-refractivity contribution in [2.75, 3.05) is 43.9 Å². The summed E-state index contributed by atoms with van der Waals surface area (Å²) in [6.45, 7) is 9.20. The van der Waals surface area contributed by atoms with Crippen molar-refractivity contribution in [3.8, 4) is 0 Å². The van der Waals surface area contributed by atoms with Crippen LogP contribution in [0.4, 0.5) is 5.82 Å². The van der Waals surface area contributed by atoms with Crippen LogP contribution >= 0.6 is 15.9 Å². The summed E-state index contributed by atoms with van der Waals surface area (Å²) in [7, 11) is -4.38. The maximum absolute atomic E-state index is 12.7. The van der Waals surface area contributed by atoms with Crippen molar-refractivity contribution in [3.63, 3.8) is 0 Å². The topological polar surface area (TPSA) is 84.7 Å². The van der Waals surface area contributed by atoms with Gasteiger partial charge in [0.15, 0.2) is 5.82 Å². The molecule has 8 nitrogen and oxygen atoms in total. The fraction of sp³-hybridized carbons (Fsp3) is 0.733. The minimum absolute atomic E-state index is 0.181. The zero-order valence-electron chi connectivity index (χ0n) is 15.7. The lowest BCUT2D eigenvalue weighted by Gasteiger charge is -2.33. The monoisotopic (exact) mass is 466 g/mol. The Labute approximate surface area is 164 Å². The van der Waals surface area contributed by atoms with Gasteiger partial charge in [-0.05, 0) is 22.0 Å². The normalized spacial score (nSPS) is 16.9. The van der Waals surface area contributed by atoms with E-state index in [2.05, 4.69) is 40.6 Å². The van der Waals surface area contributed by atoms with Crippen molar-refractivity contribution in [1.29, 1.82) is 0 Å². The smallest absolute Gasteiger partial charge is 0.295 e. The number of sulfonamides is 1. The Balaban J connectivity index is 2.06. The lowest BCUT2D eigenvalue weighted by atomic mass is 10.3. The lowest BCUT2D eigenvalue weighted by molar-refractivity contribution is 0.0844. The third kappa shape index (κ3) is 6.15. The molecule has 1 aliphatic heterocycles. The molecule has 1 aromatic heterocycles. The summed E-state index contributed by atoms with van der Waals surface area (Å²) >= 11 is 3.35. The van der Waals surface area contributed by atoms with E-state index < -0.39 is 18.1 Å². The number of rotatable bonds is 7. The van der Waals surface area contributed by atoms with Crippen LogP contribution in [0.1, 0.15) is 0 Å². The molecule has 0 atom stereocenters. The molecule has 0 saturated carbocycles. The van der Waals surface area contributed by atoms with E-state index in [-0.39, 0.29) is 12.3 Å². The first-order chi connectivity index (χ1) is 12.0. The minimum atomic E-state index is -3.21. The van der Waals surface area contributed by atoms with Crippen LogP contribution in [-0.2, 0) is 21.5 Å². The van der Waals surface area contributed by atoms with Crippen molar-refractivity contribution in [2.24, 2.45) is 0 Å². The van der Waals surface area contributed by atoms with Crippen molar-refractivity contribution in [2.45, 2.75) is 32.4 Å². The van der Waals surface area contributed by atoms with E-state index in [1.54, 1.807) is 6.20 Å². The van der Waals surface area contributed by atoms with Crippen LogP contribution < -0.4 is 10.5 Å². The summed E-state index contributed by atoms with van der Waals surface area (Å²) in [5.74, 6) is 0.321. The predicted octanol–water partition coefficient (Wildman–Crippen LogP) is 1.40. The highest BCUT2D eigenvalue weighted by Crippen LogP contribution is 2.15. The van der Waals surface area contributed by atoms with Gasteiger partial charge in [0.1, 0.15) is 11.3 Å². The van der Waals surface area contributed by atoms with E-state index in [0.29, 0.717) is 43.2 Å². The molecule has 0 N–H and O–H groups in total. The molecule has 0 spiro atoms. The molecule has 2 heterocycles. The third-order valence-electron chi connectivity index (χ3n) is 4.16. The molecule has 0 unspecified atom stereocenters. The van der Waals surface area contributed by atoms with Crippen molar-refractivity contribution in [3.05, 3.63) is 21.2 Å². The van der Waals surface area contributed by atoms with Gasteiger partial charge in [-0.2, -0.15) is 4.31 Å². The number of halogens is 1. The van der Waals surface area contributed by atoms with Crippen LogP contribution in [0.2, 0.25) is 25.7 Å². The van der Waals surface area contributed by atoms with Gasteiger partial charge < -0.3 is 9.64 Å². The van der Waals surface area contributed by atoms with Crippen molar-refractivity contribution < 1.29 is 13.2 Å². The van der Waals surface area contributed by atoms with Crippen LogP contribution in [0.25, 0.3) is 0 Å². The molecule has 0 amide bonds. The second-order valence-corrected chi connectivity index (χ2v) is 16.1. The molecule has 148 valence electrons. The largest absolute Gasteiger partial charge is 0.361 e. The van der Waals surface area contributed by atoms with Crippen LogP contribution in [0, 0.1) is 0 Å². The summed E-state index contributed by atoms with van der Waals surface area (Å²) in [6.07, 6.45) is 2.82. The van der Waals surface area contributed by atoms with Crippen molar-refractivity contribution >= 4 is 39.8 Å². The summed E-state index contributed by atoms with van der Waals surface area (Å²) in [5.41, 5.74) is -0.228. The molecule has 1 saturated heterocycles. The first-order valence-corrected chi connectivity index (χ1v) is 14.9. The molecule has 0 radical (unpaired) electrons. The van der Waals surface area contributed by atoms with E-state index in [4.69, 9.17) is 4.74 Å². The molecule has 2 rings (SSSR count). The summed E-state index contributed by atoms with van der Waals surface area (Å²) in [4.78, 5) is 18.9. The molecular weight excluding hydrogens is 440 g/mol. The maximum atomic E-state index is 12.7. The molecule has 0 aromatic carbocycles. The highest BCUT2D eigenvalue weighted by molar-refractivity contribution is 9.10. The predicted molar refractivity (Wildman–Crippen MR) is 109 cm³/mol. The molecule has 11 heteroatoms. The summed E-state index contributed by atoms with van der Waals surface area (Å²) in [5, 5.41) is 0. The van der Waals surface area contributed by atoms with Gasteiger partial charge in [-0.15, -0.1) is 0 Å². The lowest BCUT2D eigenvalue weighted by Crippen LogP contribution is -2.50. The fourth-order valence-electron chi connectivity index (χ4n) is 2.57. The Hall–Kier alpha value is -0.753. The standard InChI is InChI=1S/C15H27BrN4O4SSi/c1-25(22,23)20-7-5-18(6-8-20)14-15(21)19(11-13(16)17-14)12-24-9-10-26(2,3)4/h11H,5-10,12H2,1-4H3. The zero-order valence-corrected chi connectivity index (χ0v) is 19.1.